The predicted molar refractivity (Wildman–Crippen MR) is 242 cm³/mol. The fraction of sp³-hybridized carbons (Fsp3) is 0.0189. The number of nitrogens with zero attached hydrogens (tertiary/aromatic N) is 4. The molecule has 0 N–H and O–H groups in total. The van der Waals surface area contributed by atoms with Crippen molar-refractivity contribution < 1.29 is 0 Å². The zero-order valence-corrected chi connectivity index (χ0v) is 31.4. The molecular weight excluding hydrogens is 693 g/mol. The van der Waals surface area contributed by atoms with Crippen LogP contribution in [0.2, 0.25) is 0 Å². The van der Waals surface area contributed by atoms with E-state index in [1.807, 2.05) is 42.5 Å². The maximum absolute atomic E-state index is 5.15. The van der Waals surface area contributed by atoms with Crippen LogP contribution in [0.25, 0.3) is 104 Å². The van der Waals surface area contributed by atoms with Gasteiger partial charge < -0.3 is 9.13 Å². The van der Waals surface area contributed by atoms with Crippen LogP contribution in [0.5, 0.6) is 0 Å². The number of rotatable bonds is 6. The van der Waals surface area contributed by atoms with Crippen molar-refractivity contribution in [2.75, 3.05) is 0 Å². The summed E-state index contributed by atoms with van der Waals surface area (Å²) in [6.45, 7) is 6.74. The highest BCUT2D eigenvalue weighted by molar-refractivity contribution is 6.39. The third-order valence-corrected chi connectivity index (χ3v) is 11.4. The van der Waals surface area contributed by atoms with Gasteiger partial charge >= 0.3 is 0 Å². The van der Waals surface area contributed by atoms with Gasteiger partial charge in [0.2, 0.25) is 0 Å². The summed E-state index contributed by atoms with van der Waals surface area (Å²) < 4.78 is 4.93. The van der Waals surface area contributed by atoms with E-state index in [4.69, 9.17) is 9.97 Å². The van der Waals surface area contributed by atoms with Crippen molar-refractivity contribution in [2.45, 2.75) is 6.92 Å². The van der Waals surface area contributed by atoms with Crippen LogP contribution in [0.3, 0.4) is 0 Å². The van der Waals surface area contributed by atoms with Crippen LogP contribution in [0, 0.1) is 0 Å². The van der Waals surface area contributed by atoms with Gasteiger partial charge in [-0.2, -0.15) is 0 Å². The molecule has 0 aliphatic heterocycles. The first-order chi connectivity index (χ1) is 28.2. The van der Waals surface area contributed by atoms with Gasteiger partial charge in [-0.1, -0.05) is 152 Å². The van der Waals surface area contributed by atoms with Gasteiger partial charge in [0.05, 0.1) is 44.5 Å². The highest BCUT2D eigenvalue weighted by Gasteiger charge is 2.25. The lowest BCUT2D eigenvalue weighted by molar-refractivity contribution is 1.17. The predicted octanol–water partition coefficient (Wildman–Crippen LogP) is 13.9. The summed E-state index contributed by atoms with van der Waals surface area (Å²) in [6, 6.07) is 60.2. The van der Waals surface area contributed by atoms with Crippen molar-refractivity contribution in [1.82, 2.24) is 19.1 Å². The van der Waals surface area contributed by atoms with E-state index in [0.717, 1.165) is 56.0 Å². The molecule has 11 aromatic rings. The normalized spacial score (nSPS) is 12.4. The Morgan fingerprint density at radius 2 is 1.12 bits per heavy atom. The highest BCUT2D eigenvalue weighted by Crippen LogP contribution is 2.48. The summed E-state index contributed by atoms with van der Waals surface area (Å²) >= 11 is 0. The van der Waals surface area contributed by atoms with Gasteiger partial charge in [0.25, 0.3) is 0 Å². The lowest BCUT2D eigenvalue weighted by Crippen LogP contribution is -2.00. The first-order valence-electron chi connectivity index (χ1n) is 19.4. The van der Waals surface area contributed by atoms with Gasteiger partial charge in [-0.15, -0.1) is 0 Å². The molecule has 0 saturated heterocycles. The zero-order chi connectivity index (χ0) is 38.0. The largest absolute Gasteiger partial charge is 0.307 e. The van der Waals surface area contributed by atoms with E-state index >= 15 is 0 Å². The van der Waals surface area contributed by atoms with Gasteiger partial charge in [0, 0.05) is 38.5 Å². The maximum Gasteiger partial charge on any atom is 0.0972 e. The number of para-hydroxylation sites is 4. The Balaban J connectivity index is 1.25. The molecule has 0 spiro atoms. The molecule has 0 fully saturated rings. The molecule has 57 heavy (non-hydrogen) atoms. The van der Waals surface area contributed by atoms with E-state index in [1.54, 1.807) is 0 Å². The number of hydrogen-bond donors (Lipinski definition) is 0. The number of aromatic nitrogens is 4. The van der Waals surface area contributed by atoms with E-state index in [2.05, 4.69) is 168 Å². The van der Waals surface area contributed by atoms with Crippen LogP contribution >= 0.6 is 0 Å². The molecule has 0 unspecified atom stereocenters. The summed E-state index contributed by atoms with van der Waals surface area (Å²) in [5.41, 5.74) is 11.9. The van der Waals surface area contributed by atoms with Crippen molar-refractivity contribution in [2.24, 2.45) is 0 Å². The average Bonchev–Trinajstić information content (AvgIpc) is 3.81. The highest BCUT2D eigenvalue weighted by atomic mass is 15.0. The quantitative estimate of drug-likeness (QED) is 0.160. The van der Waals surface area contributed by atoms with Crippen molar-refractivity contribution in [3.63, 3.8) is 0 Å². The lowest BCUT2D eigenvalue weighted by Gasteiger charge is -2.15. The first kappa shape index (κ1) is 32.8. The van der Waals surface area contributed by atoms with Gasteiger partial charge in [-0.25, -0.2) is 9.97 Å². The SMILES string of the molecule is C=C(/C=C\C(=C/C)n1c2ccc3ccccc3c2c2c3ccccc3c3c4ccccc4n(-c4ccccc4)c3c21)c1nc2ccccc2nc1-c1ccccc1. The minimum atomic E-state index is 0.761. The molecule has 11 rings (SSSR count). The second kappa shape index (κ2) is 13.0. The molecule has 3 heterocycles. The van der Waals surface area contributed by atoms with Crippen LogP contribution in [-0.4, -0.2) is 19.1 Å². The van der Waals surface area contributed by atoms with Crippen molar-refractivity contribution in [3.8, 4) is 16.9 Å². The third-order valence-electron chi connectivity index (χ3n) is 11.4. The maximum atomic E-state index is 5.15. The Morgan fingerprint density at radius 1 is 0.509 bits per heavy atom. The van der Waals surface area contributed by atoms with Gasteiger partial charge in [0.15, 0.2) is 0 Å². The molecule has 0 amide bonds. The Bertz CT molecular complexity index is 3470. The fourth-order valence-corrected chi connectivity index (χ4v) is 8.90. The summed E-state index contributed by atoms with van der Waals surface area (Å²) in [5, 5.41) is 9.87. The molecule has 0 aliphatic carbocycles. The molecule has 0 radical (unpaired) electrons. The average molecular weight is 729 g/mol. The minimum Gasteiger partial charge on any atom is -0.307 e. The van der Waals surface area contributed by atoms with Gasteiger partial charge in [-0.05, 0) is 76.5 Å². The molecule has 4 heteroatoms. The number of allylic oxidation sites excluding steroid dienone is 5. The molecule has 0 atom stereocenters. The molecule has 268 valence electrons. The molecule has 0 saturated carbocycles. The summed E-state index contributed by atoms with van der Waals surface area (Å²) in [5.74, 6) is 0. The van der Waals surface area contributed by atoms with Crippen molar-refractivity contribution in [1.29, 1.82) is 0 Å². The monoisotopic (exact) mass is 728 g/mol. The second-order valence-electron chi connectivity index (χ2n) is 14.5. The van der Waals surface area contributed by atoms with E-state index in [1.165, 1.54) is 54.1 Å². The number of benzene rings is 8. The second-order valence-corrected chi connectivity index (χ2v) is 14.5. The molecule has 0 bridgehead atoms. The van der Waals surface area contributed by atoms with Crippen LogP contribution in [0.4, 0.5) is 0 Å². The summed E-state index contributed by atoms with van der Waals surface area (Å²) in [6.07, 6.45) is 6.50. The summed E-state index contributed by atoms with van der Waals surface area (Å²) in [7, 11) is 0. The van der Waals surface area contributed by atoms with Crippen molar-refractivity contribution in [3.05, 3.63) is 200 Å². The zero-order valence-electron chi connectivity index (χ0n) is 31.4. The number of hydrogen-bond acceptors (Lipinski definition) is 2. The summed E-state index contributed by atoms with van der Waals surface area (Å²) in [4.78, 5) is 10.3. The van der Waals surface area contributed by atoms with Gasteiger partial charge in [0.1, 0.15) is 0 Å². The van der Waals surface area contributed by atoms with Crippen molar-refractivity contribution >= 4 is 87.5 Å². The minimum absolute atomic E-state index is 0.761. The molecule has 3 aromatic heterocycles. The van der Waals surface area contributed by atoms with Crippen LogP contribution in [0.1, 0.15) is 12.6 Å². The topological polar surface area (TPSA) is 35.6 Å². The van der Waals surface area contributed by atoms with E-state index in [-0.39, 0.29) is 0 Å². The lowest BCUT2D eigenvalue weighted by atomic mass is 9.96. The standard InChI is InChI=1S/C53H36N4/c1-3-37(32-30-34(2)50-51(36-19-6-4-7-20-36)55-44-28-16-15-27-43(44)54-50)56-46-33-31-35-18-10-11-23-39(35)48(46)49-41-25-13-12-24-40(41)47-42-26-14-17-29-45(42)57(52(47)53(49)56)38-21-8-5-9-22-38/h3-33H,2H2,1H3/b32-30-,37-3+. The van der Waals surface area contributed by atoms with Gasteiger partial charge in [-0.3, -0.25) is 0 Å². The molecule has 4 nitrogen and oxygen atoms in total. The molecule has 8 aromatic carbocycles. The Hall–Kier alpha value is -7.56. The smallest absolute Gasteiger partial charge is 0.0972 e. The Morgan fingerprint density at radius 3 is 1.88 bits per heavy atom. The molecular formula is C53H36N4. The Kier molecular flexibility index (Phi) is 7.51. The van der Waals surface area contributed by atoms with Crippen LogP contribution in [-0.2, 0) is 0 Å². The van der Waals surface area contributed by atoms with Crippen LogP contribution < -0.4 is 0 Å². The van der Waals surface area contributed by atoms with E-state index in [9.17, 15) is 0 Å². The number of fused-ring (bicyclic) bond motifs is 13. The fourth-order valence-electron chi connectivity index (χ4n) is 8.90. The van der Waals surface area contributed by atoms with Crippen LogP contribution in [0.15, 0.2) is 195 Å². The molecule has 0 aliphatic rings. The van der Waals surface area contributed by atoms with E-state index in [0.29, 0.717) is 0 Å². The third kappa shape index (κ3) is 5.01. The first-order valence-corrected chi connectivity index (χ1v) is 19.4. The Labute approximate surface area is 329 Å². The van der Waals surface area contributed by atoms with E-state index < -0.39 is 0 Å².